The van der Waals surface area contributed by atoms with Gasteiger partial charge in [0.1, 0.15) is 5.69 Å². The van der Waals surface area contributed by atoms with Crippen molar-refractivity contribution in [1.29, 1.82) is 0 Å². The van der Waals surface area contributed by atoms with Crippen LogP contribution >= 0.6 is 0 Å². The molecule has 0 radical (unpaired) electrons. The SMILES string of the molecule is Cc1ccc(C(=O)Nc2cccc(C#CCN)c2)n1C. The third kappa shape index (κ3) is 3.08. The summed E-state index contributed by atoms with van der Waals surface area (Å²) < 4.78 is 1.85. The summed E-state index contributed by atoms with van der Waals surface area (Å²) in [5.74, 6) is 5.60. The van der Waals surface area contributed by atoms with E-state index in [-0.39, 0.29) is 5.91 Å². The maximum Gasteiger partial charge on any atom is 0.272 e. The second kappa shape index (κ2) is 6.09. The van der Waals surface area contributed by atoms with E-state index >= 15 is 0 Å². The van der Waals surface area contributed by atoms with Crippen LogP contribution in [-0.2, 0) is 7.05 Å². The van der Waals surface area contributed by atoms with Gasteiger partial charge < -0.3 is 15.6 Å². The molecule has 1 aromatic carbocycles. The Bertz CT molecular complexity index is 689. The highest BCUT2D eigenvalue weighted by molar-refractivity contribution is 6.03. The number of benzene rings is 1. The van der Waals surface area contributed by atoms with E-state index in [4.69, 9.17) is 5.73 Å². The third-order valence-electron chi connectivity index (χ3n) is 3.06. The van der Waals surface area contributed by atoms with Crippen LogP contribution < -0.4 is 11.1 Å². The molecule has 1 amide bonds. The first-order valence-electron chi connectivity index (χ1n) is 6.34. The lowest BCUT2D eigenvalue weighted by Crippen LogP contribution is -2.16. The number of nitrogens with one attached hydrogen (secondary N) is 1. The molecule has 0 saturated heterocycles. The first-order valence-corrected chi connectivity index (χ1v) is 6.34. The minimum atomic E-state index is -0.135. The number of hydrogen-bond donors (Lipinski definition) is 2. The zero-order chi connectivity index (χ0) is 14.5. The van der Waals surface area contributed by atoms with Gasteiger partial charge in [-0.05, 0) is 37.3 Å². The van der Waals surface area contributed by atoms with Crippen LogP contribution in [0.2, 0.25) is 0 Å². The Balaban J connectivity index is 2.18. The maximum absolute atomic E-state index is 12.2. The number of amides is 1. The molecule has 0 fully saturated rings. The fourth-order valence-electron chi connectivity index (χ4n) is 1.86. The van der Waals surface area contributed by atoms with Gasteiger partial charge in [-0.15, -0.1) is 0 Å². The molecule has 0 saturated carbocycles. The Hall–Kier alpha value is -2.51. The van der Waals surface area contributed by atoms with Crippen molar-refractivity contribution in [3.8, 4) is 11.8 Å². The van der Waals surface area contributed by atoms with Crippen LogP contribution in [0, 0.1) is 18.8 Å². The number of carbonyl (C=O) groups is 1. The molecule has 4 nitrogen and oxygen atoms in total. The van der Waals surface area contributed by atoms with Crippen LogP contribution in [-0.4, -0.2) is 17.0 Å². The Morgan fingerprint density at radius 2 is 2.15 bits per heavy atom. The first kappa shape index (κ1) is 13.9. The predicted molar refractivity (Wildman–Crippen MR) is 80.5 cm³/mol. The van der Waals surface area contributed by atoms with Crippen molar-refractivity contribution in [3.63, 3.8) is 0 Å². The quantitative estimate of drug-likeness (QED) is 0.816. The van der Waals surface area contributed by atoms with Crippen LogP contribution in [0.3, 0.4) is 0 Å². The van der Waals surface area contributed by atoms with Gasteiger partial charge in [-0.1, -0.05) is 17.9 Å². The van der Waals surface area contributed by atoms with Crippen LogP contribution in [0.1, 0.15) is 21.7 Å². The highest BCUT2D eigenvalue weighted by atomic mass is 16.1. The summed E-state index contributed by atoms with van der Waals surface area (Å²) in [5, 5.41) is 2.87. The third-order valence-corrected chi connectivity index (χ3v) is 3.06. The van der Waals surface area contributed by atoms with Crippen molar-refractivity contribution >= 4 is 11.6 Å². The normalized spacial score (nSPS) is 9.75. The van der Waals surface area contributed by atoms with Gasteiger partial charge in [-0.25, -0.2) is 0 Å². The Kier molecular flexibility index (Phi) is 4.24. The van der Waals surface area contributed by atoms with Gasteiger partial charge in [-0.2, -0.15) is 0 Å². The summed E-state index contributed by atoms with van der Waals surface area (Å²) in [7, 11) is 1.87. The van der Waals surface area contributed by atoms with Crippen molar-refractivity contribution in [2.24, 2.45) is 12.8 Å². The Morgan fingerprint density at radius 3 is 2.80 bits per heavy atom. The van der Waals surface area contributed by atoms with E-state index in [0.29, 0.717) is 12.2 Å². The molecule has 0 atom stereocenters. The molecule has 2 aromatic rings. The van der Waals surface area contributed by atoms with E-state index in [1.54, 1.807) is 0 Å². The number of anilines is 1. The van der Waals surface area contributed by atoms with Gasteiger partial charge >= 0.3 is 0 Å². The van der Waals surface area contributed by atoms with Gasteiger partial charge in [0, 0.05) is 24.0 Å². The van der Waals surface area contributed by atoms with E-state index in [9.17, 15) is 4.79 Å². The molecule has 0 bridgehead atoms. The summed E-state index contributed by atoms with van der Waals surface area (Å²) in [4.78, 5) is 12.2. The van der Waals surface area contributed by atoms with Crippen LogP contribution in [0.5, 0.6) is 0 Å². The molecule has 0 unspecified atom stereocenters. The highest BCUT2D eigenvalue weighted by Crippen LogP contribution is 2.13. The van der Waals surface area contributed by atoms with Gasteiger partial charge in [-0.3, -0.25) is 4.79 Å². The predicted octanol–water partition coefficient (Wildman–Crippen LogP) is 1.90. The standard InChI is InChI=1S/C16H17N3O/c1-12-8-9-15(19(12)2)16(20)18-14-7-3-5-13(11-14)6-4-10-17/h3,5,7-9,11H,10,17H2,1-2H3,(H,18,20). The summed E-state index contributed by atoms with van der Waals surface area (Å²) in [6.45, 7) is 2.28. The van der Waals surface area contributed by atoms with E-state index in [1.807, 2.05) is 54.9 Å². The van der Waals surface area contributed by atoms with Crippen molar-refractivity contribution in [2.45, 2.75) is 6.92 Å². The van der Waals surface area contributed by atoms with Crippen LogP contribution in [0.4, 0.5) is 5.69 Å². The second-order valence-corrected chi connectivity index (χ2v) is 4.46. The van der Waals surface area contributed by atoms with Crippen LogP contribution in [0.25, 0.3) is 0 Å². The van der Waals surface area contributed by atoms with Crippen molar-refractivity contribution < 1.29 is 4.79 Å². The number of carbonyl (C=O) groups excluding carboxylic acids is 1. The summed E-state index contributed by atoms with van der Waals surface area (Å²) in [6.07, 6.45) is 0. The minimum Gasteiger partial charge on any atom is -0.344 e. The second-order valence-electron chi connectivity index (χ2n) is 4.46. The van der Waals surface area contributed by atoms with Gasteiger partial charge in [0.25, 0.3) is 5.91 Å². The van der Waals surface area contributed by atoms with Crippen molar-refractivity contribution in [3.05, 3.63) is 53.3 Å². The lowest BCUT2D eigenvalue weighted by Gasteiger charge is -2.07. The molecule has 4 heteroatoms. The van der Waals surface area contributed by atoms with E-state index in [0.717, 1.165) is 16.9 Å². The Labute approximate surface area is 118 Å². The zero-order valence-electron chi connectivity index (χ0n) is 11.6. The lowest BCUT2D eigenvalue weighted by atomic mass is 10.2. The number of aromatic nitrogens is 1. The molecule has 0 aliphatic carbocycles. The zero-order valence-corrected chi connectivity index (χ0v) is 11.6. The molecule has 0 spiro atoms. The van der Waals surface area contributed by atoms with E-state index in [2.05, 4.69) is 17.2 Å². The Morgan fingerprint density at radius 1 is 1.35 bits per heavy atom. The molecule has 20 heavy (non-hydrogen) atoms. The lowest BCUT2D eigenvalue weighted by molar-refractivity contribution is 0.101. The van der Waals surface area contributed by atoms with Crippen molar-refractivity contribution in [1.82, 2.24) is 4.57 Å². The maximum atomic E-state index is 12.2. The number of nitrogens with zero attached hydrogens (tertiary/aromatic N) is 1. The molecule has 0 aliphatic heterocycles. The summed E-state index contributed by atoms with van der Waals surface area (Å²) in [6, 6.07) is 11.1. The molecule has 1 aromatic heterocycles. The molecule has 102 valence electrons. The molecule has 3 N–H and O–H groups in total. The van der Waals surface area contributed by atoms with Crippen LogP contribution in [0.15, 0.2) is 36.4 Å². The average molecular weight is 267 g/mol. The fourth-order valence-corrected chi connectivity index (χ4v) is 1.86. The first-order chi connectivity index (χ1) is 9.61. The van der Waals surface area contributed by atoms with Crippen molar-refractivity contribution in [2.75, 3.05) is 11.9 Å². The number of hydrogen-bond acceptors (Lipinski definition) is 2. The van der Waals surface area contributed by atoms with Gasteiger partial charge in [0.15, 0.2) is 0 Å². The fraction of sp³-hybridized carbons (Fsp3) is 0.188. The summed E-state index contributed by atoms with van der Waals surface area (Å²) >= 11 is 0. The molecular formula is C16H17N3O. The topological polar surface area (TPSA) is 60.1 Å². The highest BCUT2D eigenvalue weighted by Gasteiger charge is 2.10. The molecule has 1 heterocycles. The largest absolute Gasteiger partial charge is 0.344 e. The molecule has 0 aliphatic rings. The number of aryl methyl sites for hydroxylation is 1. The van der Waals surface area contributed by atoms with Gasteiger partial charge in [0.05, 0.1) is 6.54 Å². The number of rotatable bonds is 2. The summed E-state index contributed by atoms with van der Waals surface area (Å²) in [5.41, 5.74) is 8.56. The van der Waals surface area contributed by atoms with Gasteiger partial charge in [0.2, 0.25) is 0 Å². The number of nitrogens with two attached hydrogens (primary N) is 1. The minimum absolute atomic E-state index is 0.135. The van der Waals surface area contributed by atoms with E-state index in [1.165, 1.54) is 0 Å². The molecule has 2 rings (SSSR count). The smallest absolute Gasteiger partial charge is 0.272 e. The average Bonchev–Trinajstić information content (AvgIpc) is 2.77. The monoisotopic (exact) mass is 267 g/mol. The molecular weight excluding hydrogens is 250 g/mol. The van der Waals surface area contributed by atoms with E-state index < -0.39 is 0 Å².